The fraction of sp³-hybridized carbons (Fsp3) is 0.333. The predicted molar refractivity (Wildman–Crippen MR) is 108 cm³/mol. The zero-order chi connectivity index (χ0) is 16.5. The molecule has 0 aliphatic rings. The van der Waals surface area contributed by atoms with Crippen LogP contribution in [0.15, 0.2) is 54.9 Å². The number of aromatic nitrogens is 1. The summed E-state index contributed by atoms with van der Waals surface area (Å²) in [7, 11) is 3.73. The molecular weight excluding hydrogens is 359 g/mol. The highest BCUT2D eigenvalue weighted by Crippen LogP contribution is 2.16. The molecule has 0 aliphatic heterocycles. The first-order valence-corrected chi connectivity index (χ1v) is 7.78. The van der Waals surface area contributed by atoms with Crippen molar-refractivity contribution in [1.29, 1.82) is 0 Å². The number of benzene rings is 1. The number of rotatable bonds is 8. The van der Waals surface area contributed by atoms with Gasteiger partial charge in [0.05, 0.1) is 6.54 Å². The Morgan fingerprint density at radius 2 is 1.84 bits per heavy atom. The van der Waals surface area contributed by atoms with Crippen molar-refractivity contribution in [2.75, 3.05) is 38.6 Å². The smallest absolute Gasteiger partial charge is 0.241 e. The lowest BCUT2D eigenvalue weighted by Gasteiger charge is -2.27. The van der Waals surface area contributed by atoms with Crippen LogP contribution in [0.3, 0.4) is 0 Å². The summed E-state index contributed by atoms with van der Waals surface area (Å²) < 4.78 is 0. The Bertz CT molecular complexity index is 599. The third-order valence-corrected chi connectivity index (χ3v) is 3.67. The Morgan fingerprint density at radius 1 is 1.12 bits per heavy atom. The van der Waals surface area contributed by atoms with Crippen LogP contribution in [-0.4, -0.2) is 49.5 Å². The molecule has 0 unspecified atom stereocenters. The molecule has 0 radical (unpaired) electrons. The van der Waals surface area contributed by atoms with Gasteiger partial charge in [0.25, 0.3) is 0 Å². The monoisotopic (exact) mass is 384 g/mol. The van der Waals surface area contributed by atoms with E-state index in [1.807, 2.05) is 62.8 Å². The van der Waals surface area contributed by atoms with Gasteiger partial charge in [-0.25, -0.2) is 0 Å². The zero-order valence-corrected chi connectivity index (χ0v) is 16.2. The van der Waals surface area contributed by atoms with Crippen molar-refractivity contribution in [3.05, 3.63) is 60.4 Å². The summed E-state index contributed by atoms with van der Waals surface area (Å²) in [4.78, 5) is 20.5. The minimum atomic E-state index is 0. The van der Waals surface area contributed by atoms with E-state index in [0.29, 0.717) is 19.6 Å². The molecule has 2 aromatic rings. The second kappa shape index (κ2) is 12.5. The van der Waals surface area contributed by atoms with E-state index in [2.05, 4.69) is 15.2 Å². The highest BCUT2D eigenvalue weighted by molar-refractivity contribution is 5.85. The molecule has 2 rings (SSSR count). The van der Waals surface area contributed by atoms with Gasteiger partial charge in [0.1, 0.15) is 0 Å². The molecular formula is C18H26Cl2N4O. The van der Waals surface area contributed by atoms with Gasteiger partial charge < -0.3 is 15.1 Å². The molecule has 5 nitrogen and oxygen atoms in total. The maximum atomic E-state index is 12.5. The highest BCUT2D eigenvalue weighted by Gasteiger charge is 2.15. The van der Waals surface area contributed by atoms with Gasteiger partial charge in [-0.05, 0) is 30.8 Å². The van der Waals surface area contributed by atoms with Crippen LogP contribution in [0.5, 0.6) is 0 Å². The number of amides is 1. The number of halogens is 2. The molecule has 0 spiro atoms. The molecule has 138 valence electrons. The standard InChI is InChI=1S/C18H24N4O.2ClH/c1-19-11-12-21(2)18(23)15-22(17-8-4-3-5-9-17)14-16-7-6-10-20-13-16;;/h3-10,13,19H,11-12,14-15H2,1-2H3;2*1H. The molecule has 1 N–H and O–H groups in total. The van der Waals surface area contributed by atoms with Gasteiger partial charge in [0, 0.05) is 44.8 Å². The van der Waals surface area contributed by atoms with Crippen molar-refractivity contribution in [2.24, 2.45) is 0 Å². The Kier molecular flexibility index (Phi) is 11.6. The predicted octanol–water partition coefficient (Wildman–Crippen LogP) is 2.61. The number of nitrogens with zero attached hydrogens (tertiary/aromatic N) is 3. The minimum absolute atomic E-state index is 0. The molecule has 25 heavy (non-hydrogen) atoms. The van der Waals surface area contributed by atoms with Gasteiger partial charge in [-0.1, -0.05) is 24.3 Å². The van der Waals surface area contributed by atoms with Crippen LogP contribution in [0.1, 0.15) is 5.56 Å². The van der Waals surface area contributed by atoms with Gasteiger partial charge in [-0.3, -0.25) is 9.78 Å². The molecule has 0 saturated heterocycles. The Labute approximate surface area is 162 Å². The van der Waals surface area contributed by atoms with Crippen molar-refractivity contribution in [3.63, 3.8) is 0 Å². The molecule has 1 heterocycles. The molecule has 1 amide bonds. The lowest BCUT2D eigenvalue weighted by molar-refractivity contribution is -0.128. The average molecular weight is 385 g/mol. The van der Waals surface area contributed by atoms with Crippen LogP contribution in [-0.2, 0) is 11.3 Å². The van der Waals surface area contributed by atoms with E-state index >= 15 is 0 Å². The quantitative estimate of drug-likeness (QED) is 0.759. The number of anilines is 1. The topological polar surface area (TPSA) is 48.5 Å². The maximum Gasteiger partial charge on any atom is 0.241 e. The first-order valence-electron chi connectivity index (χ1n) is 7.78. The summed E-state index contributed by atoms with van der Waals surface area (Å²) in [6.45, 7) is 2.49. The van der Waals surface area contributed by atoms with Crippen LogP contribution in [0, 0.1) is 0 Å². The van der Waals surface area contributed by atoms with Gasteiger partial charge in [-0.2, -0.15) is 0 Å². The summed E-state index contributed by atoms with van der Waals surface area (Å²) in [6, 6.07) is 13.9. The van der Waals surface area contributed by atoms with E-state index in [0.717, 1.165) is 17.8 Å². The van der Waals surface area contributed by atoms with Gasteiger partial charge in [0.15, 0.2) is 0 Å². The molecule has 1 aromatic carbocycles. The molecule has 0 aliphatic carbocycles. The van der Waals surface area contributed by atoms with Crippen molar-refractivity contribution >= 4 is 36.4 Å². The number of likely N-dealkylation sites (N-methyl/N-ethyl adjacent to an activating group) is 2. The van der Waals surface area contributed by atoms with Crippen molar-refractivity contribution in [3.8, 4) is 0 Å². The lowest BCUT2D eigenvalue weighted by Crippen LogP contribution is -2.40. The molecule has 7 heteroatoms. The van der Waals surface area contributed by atoms with Crippen molar-refractivity contribution < 1.29 is 4.79 Å². The minimum Gasteiger partial charge on any atom is -0.358 e. The molecule has 0 atom stereocenters. The highest BCUT2D eigenvalue weighted by atomic mass is 35.5. The van der Waals surface area contributed by atoms with E-state index in [-0.39, 0.29) is 30.7 Å². The van der Waals surface area contributed by atoms with Gasteiger partial charge in [0.2, 0.25) is 5.91 Å². The number of pyridine rings is 1. The van der Waals surface area contributed by atoms with E-state index < -0.39 is 0 Å². The molecule has 1 aromatic heterocycles. The van der Waals surface area contributed by atoms with E-state index in [9.17, 15) is 4.79 Å². The van der Waals surface area contributed by atoms with Crippen molar-refractivity contribution in [2.45, 2.75) is 6.54 Å². The van der Waals surface area contributed by atoms with Crippen molar-refractivity contribution in [1.82, 2.24) is 15.2 Å². The first-order chi connectivity index (χ1) is 11.2. The third kappa shape index (κ3) is 7.73. The summed E-state index contributed by atoms with van der Waals surface area (Å²) in [6.07, 6.45) is 3.60. The second-order valence-electron chi connectivity index (χ2n) is 5.47. The number of nitrogens with one attached hydrogen (secondary N) is 1. The fourth-order valence-electron chi connectivity index (χ4n) is 2.28. The van der Waals surface area contributed by atoms with Gasteiger partial charge in [-0.15, -0.1) is 24.8 Å². The Hall–Kier alpha value is -1.82. The normalized spacial score (nSPS) is 9.52. The molecule has 0 bridgehead atoms. The number of para-hydroxylation sites is 1. The number of hydrogen-bond donors (Lipinski definition) is 1. The van der Waals surface area contributed by atoms with E-state index in [1.54, 1.807) is 11.1 Å². The molecule has 0 saturated carbocycles. The van der Waals surface area contributed by atoms with Crippen LogP contribution >= 0.6 is 24.8 Å². The van der Waals surface area contributed by atoms with Crippen LogP contribution in [0.4, 0.5) is 5.69 Å². The summed E-state index contributed by atoms with van der Waals surface area (Å²) in [5, 5.41) is 3.06. The zero-order valence-electron chi connectivity index (χ0n) is 14.6. The SMILES string of the molecule is CNCCN(C)C(=O)CN(Cc1cccnc1)c1ccccc1.Cl.Cl. The van der Waals surface area contributed by atoms with Crippen LogP contribution in [0.25, 0.3) is 0 Å². The molecule has 0 fully saturated rings. The first kappa shape index (κ1) is 23.2. The van der Waals surface area contributed by atoms with Crippen LogP contribution < -0.4 is 10.2 Å². The summed E-state index contributed by atoms with van der Waals surface area (Å²) in [5.41, 5.74) is 2.12. The maximum absolute atomic E-state index is 12.5. The second-order valence-corrected chi connectivity index (χ2v) is 5.47. The Balaban J connectivity index is 0.00000288. The third-order valence-electron chi connectivity index (χ3n) is 3.67. The lowest BCUT2D eigenvalue weighted by atomic mass is 10.2. The fourth-order valence-corrected chi connectivity index (χ4v) is 2.28. The largest absolute Gasteiger partial charge is 0.358 e. The Morgan fingerprint density at radius 3 is 2.44 bits per heavy atom. The van der Waals surface area contributed by atoms with E-state index in [4.69, 9.17) is 0 Å². The number of hydrogen-bond acceptors (Lipinski definition) is 4. The summed E-state index contributed by atoms with van der Waals surface area (Å²) in [5.74, 6) is 0.105. The summed E-state index contributed by atoms with van der Waals surface area (Å²) >= 11 is 0. The van der Waals surface area contributed by atoms with Gasteiger partial charge >= 0.3 is 0 Å². The van der Waals surface area contributed by atoms with Crippen LogP contribution in [0.2, 0.25) is 0 Å². The average Bonchev–Trinajstić information content (AvgIpc) is 2.60. The van der Waals surface area contributed by atoms with E-state index in [1.165, 1.54) is 0 Å². The number of carbonyl (C=O) groups excluding carboxylic acids is 1. The number of carbonyl (C=O) groups is 1.